The van der Waals surface area contributed by atoms with E-state index in [2.05, 4.69) is 33.0 Å². The number of hydrogen-bond acceptors (Lipinski definition) is 5. The number of aryl methyl sites for hydroxylation is 2. The van der Waals surface area contributed by atoms with E-state index < -0.39 is 0 Å². The third kappa shape index (κ3) is 3.78. The van der Waals surface area contributed by atoms with Crippen LogP contribution < -0.4 is 9.80 Å². The van der Waals surface area contributed by atoms with Crippen LogP contribution in [-0.4, -0.2) is 18.1 Å². The molecule has 0 unspecified atom stereocenters. The van der Waals surface area contributed by atoms with Gasteiger partial charge in [0.15, 0.2) is 5.17 Å². The predicted octanol–water partition coefficient (Wildman–Crippen LogP) is 7.24. The maximum Gasteiger partial charge on any atom is 0.274 e. The first-order chi connectivity index (χ1) is 15.4. The van der Waals surface area contributed by atoms with Crippen LogP contribution in [-0.2, 0) is 4.79 Å². The molecule has 3 aromatic carbocycles. The van der Waals surface area contributed by atoms with Gasteiger partial charge in [0.2, 0.25) is 0 Å². The van der Waals surface area contributed by atoms with Gasteiger partial charge in [-0.15, -0.1) is 0 Å². The lowest BCUT2D eigenvalue weighted by Gasteiger charge is -2.17. The molecule has 2 heterocycles. The molecule has 0 atom stereocenters. The predicted molar refractivity (Wildman–Crippen MR) is 140 cm³/mol. The highest BCUT2D eigenvalue weighted by Crippen LogP contribution is 2.50. The van der Waals surface area contributed by atoms with Crippen LogP contribution in [0.1, 0.15) is 11.1 Å². The number of nitrogens with zero attached hydrogens (tertiary/aromatic N) is 3. The minimum Gasteiger partial charge on any atom is -0.337 e. The van der Waals surface area contributed by atoms with Crippen LogP contribution in [0, 0.1) is 13.8 Å². The summed E-state index contributed by atoms with van der Waals surface area (Å²) in [6, 6.07) is 22.2. The van der Waals surface area contributed by atoms with Crippen molar-refractivity contribution >= 4 is 67.6 Å². The molecule has 3 aromatic rings. The van der Waals surface area contributed by atoms with Crippen LogP contribution >= 0.6 is 39.5 Å². The number of amidine groups is 1. The normalized spacial score (nSPS) is 19.2. The van der Waals surface area contributed by atoms with Gasteiger partial charge in [0.25, 0.3) is 5.91 Å². The van der Waals surface area contributed by atoms with Crippen molar-refractivity contribution in [2.45, 2.75) is 18.7 Å². The Kier molecular flexibility index (Phi) is 5.65. The highest BCUT2D eigenvalue weighted by atomic mass is 79.9. The van der Waals surface area contributed by atoms with Gasteiger partial charge in [0, 0.05) is 16.4 Å². The molecule has 1 amide bonds. The number of halogens is 1. The zero-order valence-electron chi connectivity index (χ0n) is 17.8. The van der Waals surface area contributed by atoms with Crippen LogP contribution in [0.15, 0.2) is 91.0 Å². The number of anilines is 2. The third-order valence-corrected chi connectivity index (χ3v) is 8.35. The van der Waals surface area contributed by atoms with Crippen LogP contribution in [0.4, 0.5) is 17.1 Å². The van der Waals surface area contributed by atoms with Gasteiger partial charge in [-0.25, -0.2) is 4.99 Å². The first-order valence-electron chi connectivity index (χ1n) is 10.1. The summed E-state index contributed by atoms with van der Waals surface area (Å²) < 4.78 is 0.905. The van der Waals surface area contributed by atoms with Crippen LogP contribution in [0.25, 0.3) is 0 Å². The van der Waals surface area contributed by atoms with E-state index in [1.54, 1.807) is 16.7 Å². The Morgan fingerprint density at radius 3 is 2.34 bits per heavy atom. The van der Waals surface area contributed by atoms with Gasteiger partial charge >= 0.3 is 0 Å². The van der Waals surface area contributed by atoms with Crippen molar-refractivity contribution in [2.75, 3.05) is 16.8 Å². The molecule has 4 nitrogen and oxygen atoms in total. The summed E-state index contributed by atoms with van der Waals surface area (Å²) in [6.45, 7) is 4.08. The van der Waals surface area contributed by atoms with Crippen LogP contribution in [0.5, 0.6) is 0 Å². The van der Waals surface area contributed by atoms with Crippen molar-refractivity contribution < 1.29 is 4.79 Å². The molecule has 5 rings (SSSR count). The third-order valence-electron chi connectivity index (χ3n) is 5.33. The lowest BCUT2D eigenvalue weighted by atomic mass is 10.2. The molecule has 0 spiro atoms. The van der Waals surface area contributed by atoms with E-state index in [0.29, 0.717) is 10.1 Å². The highest BCUT2D eigenvalue weighted by molar-refractivity contribution is 9.10. The van der Waals surface area contributed by atoms with Gasteiger partial charge in [-0.05, 0) is 83.5 Å². The Bertz CT molecular complexity index is 1300. The lowest BCUT2D eigenvalue weighted by molar-refractivity contribution is -0.113. The topological polar surface area (TPSA) is 35.9 Å². The van der Waals surface area contributed by atoms with Crippen molar-refractivity contribution in [1.29, 1.82) is 0 Å². The van der Waals surface area contributed by atoms with E-state index in [1.165, 1.54) is 11.8 Å². The summed E-state index contributed by atoms with van der Waals surface area (Å²) in [5.74, 6) is -0.0528. The molecule has 0 radical (unpaired) electrons. The van der Waals surface area contributed by atoms with Crippen molar-refractivity contribution in [3.8, 4) is 0 Å². The number of carbonyl (C=O) groups excluding carboxylic acids is 1. The SMILES string of the molecule is Cc1ccc(N2C(=O)C(=C3Sc4ccccc4N3C)SC2=Nc2ccc(C)cc2Br)cc1. The lowest BCUT2D eigenvalue weighted by Crippen LogP contribution is -2.29. The Hall–Kier alpha value is -2.48. The number of benzene rings is 3. The van der Waals surface area contributed by atoms with E-state index in [-0.39, 0.29) is 5.91 Å². The van der Waals surface area contributed by atoms with Crippen LogP contribution in [0.3, 0.4) is 0 Å². The molecule has 0 aliphatic carbocycles. The van der Waals surface area contributed by atoms with Gasteiger partial charge in [0.05, 0.1) is 22.1 Å². The molecule has 2 aliphatic rings. The molecular formula is C25H20BrN3OS2. The number of carbonyl (C=O) groups is 1. The van der Waals surface area contributed by atoms with E-state index >= 15 is 0 Å². The summed E-state index contributed by atoms with van der Waals surface area (Å²) >= 11 is 6.68. The Balaban J connectivity index is 1.63. The summed E-state index contributed by atoms with van der Waals surface area (Å²) in [5.41, 5.74) is 5.02. The molecule has 1 saturated heterocycles. The van der Waals surface area contributed by atoms with Crippen molar-refractivity contribution in [2.24, 2.45) is 4.99 Å². The van der Waals surface area contributed by atoms with Crippen LogP contribution in [0.2, 0.25) is 0 Å². The Morgan fingerprint density at radius 1 is 0.906 bits per heavy atom. The fourth-order valence-corrected chi connectivity index (χ4v) is 6.53. The molecule has 32 heavy (non-hydrogen) atoms. The van der Waals surface area contributed by atoms with Gasteiger partial charge in [-0.3, -0.25) is 9.69 Å². The van der Waals surface area contributed by atoms with Gasteiger partial charge < -0.3 is 4.90 Å². The maximum absolute atomic E-state index is 13.7. The number of thioether (sulfide) groups is 2. The average molecular weight is 522 g/mol. The molecule has 160 valence electrons. The van der Waals surface area contributed by atoms with Crippen molar-refractivity contribution in [3.05, 3.63) is 92.3 Å². The van der Waals surface area contributed by atoms with Gasteiger partial charge in [0.1, 0.15) is 4.91 Å². The summed E-state index contributed by atoms with van der Waals surface area (Å²) in [5, 5.41) is 1.59. The minimum atomic E-state index is -0.0528. The fourth-order valence-electron chi connectivity index (χ4n) is 3.61. The Morgan fingerprint density at radius 2 is 1.62 bits per heavy atom. The van der Waals surface area contributed by atoms with Gasteiger partial charge in [-0.2, -0.15) is 0 Å². The minimum absolute atomic E-state index is 0.0528. The number of hydrogen-bond donors (Lipinski definition) is 0. The Labute approximate surface area is 204 Å². The quantitative estimate of drug-likeness (QED) is 0.333. The number of aliphatic imine (C=N–C) groups is 1. The molecule has 1 fully saturated rings. The summed E-state index contributed by atoms with van der Waals surface area (Å²) in [6.07, 6.45) is 0. The fraction of sp³-hybridized carbons (Fsp3) is 0.120. The van der Waals surface area contributed by atoms with Crippen molar-refractivity contribution in [1.82, 2.24) is 0 Å². The molecule has 7 heteroatoms. The second kappa shape index (κ2) is 8.46. The highest BCUT2D eigenvalue weighted by Gasteiger charge is 2.40. The number of fused-ring (bicyclic) bond motifs is 1. The number of amides is 1. The molecule has 0 aromatic heterocycles. The second-order valence-electron chi connectivity index (χ2n) is 7.69. The molecule has 0 N–H and O–H groups in total. The molecule has 2 aliphatic heterocycles. The number of para-hydroxylation sites is 1. The van der Waals surface area contributed by atoms with Crippen molar-refractivity contribution in [3.63, 3.8) is 0 Å². The van der Waals surface area contributed by atoms with E-state index in [9.17, 15) is 4.79 Å². The zero-order chi connectivity index (χ0) is 22.4. The van der Waals surface area contributed by atoms with E-state index in [0.717, 1.165) is 42.6 Å². The standard InChI is InChI=1S/C25H20BrN3OS2/c1-15-8-11-17(12-9-15)29-23(30)22(24-28(3)20-6-4-5-7-21(20)31-24)32-25(29)27-19-13-10-16(2)14-18(19)26/h4-14H,1-3H3. The van der Waals surface area contributed by atoms with E-state index in [1.807, 2.05) is 75.5 Å². The largest absolute Gasteiger partial charge is 0.337 e. The average Bonchev–Trinajstić information content (AvgIpc) is 3.27. The first-order valence-corrected chi connectivity index (χ1v) is 12.5. The van der Waals surface area contributed by atoms with Gasteiger partial charge in [-0.1, -0.05) is 47.7 Å². The molecule has 0 bridgehead atoms. The first kappa shape index (κ1) is 21.4. The smallest absolute Gasteiger partial charge is 0.274 e. The summed E-state index contributed by atoms with van der Waals surface area (Å²) in [7, 11) is 2.01. The van der Waals surface area contributed by atoms with E-state index in [4.69, 9.17) is 4.99 Å². The second-order valence-corrected chi connectivity index (χ2v) is 10.6. The monoisotopic (exact) mass is 521 g/mol. The molecular weight excluding hydrogens is 502 g/mol. The summed E-state index contributed by atoms with van der Waals surface area (Å²) in [4.78, 5) is 24.3. The zero-order valence-corrected chi connectivity index (χ0v) is 21.0. The molecule has 0 saturated carbocycles. The number of rotatable bonds is 2. The maximum atomic E-state index is 13.7.